The van der Waals surface area contributed by atoms with Crippen LogP contribution in [-0.4, -0.2) is 32.8 Å². The van der Waals surface area contributed by atoms with Gasteiger partial charge in [0.25, 0.3) is 6.43 Å². The van der Waals surface area contributed by atoms with Crippen molar-refractivity contribution in [3.8, 4) is 5.75 Å². The number of anilines is 2. The molecule has 0 saturated carbocycles. The molecular weight excluding hydrogens is 242 g/mol. The summed E-state index contributed by atoms with van der Waals surface area (Å²) in [6, 6.07) is 5.38. The van der Waals surface area contributed by atoms with E-state index in [1.807, 2.05) is 13.0 Å². The summed E-state index contributed by atoms with van der Waals surface area (Å²) in [7, 11) is 0. The fourth-order valence-corrected chi connectivity index (χ4v) is 1.41. The second-order valence-corrected chi connectivity index (χ2v) is 3.54. The summed E-state index contributed by atoms with van der Waals surface area (Å²) in [5, 5.41) is 3.01. The quantitative estimate of drug-likeness (QED) is 0.556. The zero-order chi connectivity index (χ0) is 13.4. The van der Waals surface area contributed by atoms with Crippen LogP contribution >= 0.6 is 0 Å². The van der Waals surface area contributed by atoms with Crippen molar-refractivity contribution < 1.29 is 18.3 Å². The molecule has 1 rings (SSSR count). The van der Waals surface area contributed by atoms with Crippen LogP contribution in [0.1, 0.15) is 6.92 Å². The zero-order valence-electron chi connectivity index (χ0n) is 10.3. The first-order valence-corrected chi connectivity index (χ1v) is 5.76. The molecule has 1 aromatic rings. The van der Waals surface area contributed by atoms with Gasteiger partial charge < -0.3 is 20.5 Å². The van der Waals surface area contributed by atoms with Crippen LogP contribution in [-0.2, 0) is 4.74 Å². The van der Waals surface area contributed by atoms with Gasteiger partial charge >= 0.3 is 0 Å². The average Bonchev–Trinajstić information content (AvgIpc) is 2.33. The van der Waals surface area contributed by atoms with Crippen molar-refractivity contribution in [3.63, 3.8) is 0 Å². The van der Waals surface area contributed by atoms with Crippen molar-refractivity contribution >= 4 is 11.4 Å². The normalized spacial score (nSPS) is 10.7. The third kappa shape index (κ3) is 4.75. The van der Waals surface area contributed by atoms with Crippen LogP contribution < -0.4 is 15.8 Å². The molecule has 0 spiro atoms. The first kappa shape index (κ1) is 14.5. The van der Waals surface area contributed by atoms with Gasteiger partial charge in [0, 0.05) is 6.54 Å². The van der Waals surface area contributed by atoms with E-state index in [2.05, 4.69) is 5.32 Å². The highest BCUT2D eigenvalue weighted by atomic mass is 19.3. The van der Waals surface area contributed by atoms with Crippen LogP contribution in [0.15, 0.2) is 18.2 Å². The second-order valence-electron chi connectivity index (χ2n) is 3.54. The Morgan fingerprint density at radius 1 is 1.39 bits per heavy atom. The number of benzene rings is 1. The van der Waals surface area contributed by atoms with E-state index in [9.17, 15) is 8.78 Å². The lowest BCUT2D eigenvalue weighted by atomic mass is 10.2. The van der Waals surface area contributed by atoms with E-state index < -0.39 is 13.0 Å². The Balaban J connectivity index is 2.40. The standard InChI is InChI=1S/C12H18F2N2O2/c1-2-18-10-5-3-4-9(12(10)15)16-6-7-17-8-11(13)14/h3-5,11,16H,2,6-8,15H2,1H3. The molecule has 1 aromatic carbocycles. The molecule has 0 amide bonds. The van der Waals surface area contributed by atoms with Crippen LogP contribution in [0.5, 0.6) is 5.75 Å². The number of nitrogens with two attached hydrogens (primary N) is 1. The molecule has 0 bridgehead atoms. The fourth-order valence-electron chi connectivity index (χ4n) is 1.41. The van der Waals surface area contributed by atoms with Gasteiger partial charge in [0.05, 0.1) is 24.6 Å². The van der Waals surface area contributed by atoms with E-state index in [0.717, 1.165) is 0 Å². The molecule has 6 heteroatoms. The largest absolute Gasteiger partial charge is 0.492 e. The maximum atomic E-state index is 11.8. The zero-order valence-corrected chi connectivity index (χ0v) is 10.3. The number of rotatable bonds is 8. The molecule has 0 atom stereocenters. The molecule has 0 fully saturated rings. The highest BCUT2D eigenvalue weighted by molar-refractivity contribution is 5.72. The van der Waals surface area contributed by atoms with Gasteiger partial charge in [0.1, 0.15) is 12.4 Å². The number of halogens is 2. The van der Waals surface area contributed by atoms with Gasteiger partial charge in [-0.25, -0.2) is 8.78 Å². The molecule has 4 nitrogen and oxygen atoms in total. The number of ether oxygens (including phenoxy) is 2. The summed E-state index contributed by atoms with van der Waals surface area (Å²) in [5.74, 6) is 0.607. The Morgan fingerprint density at radius 2 is 2.17 bits per heavy atom. The van der Waals surface area contributed by atoms with Crippen molar-refractivity contribution in [3.05, 3.63) is 18.2 Å². The van der Waals surface area contributed by atoms with E-state index in [1.165, 1.54) is 0 Å². The molecule has 0 heterocycles. The van der Waals surface area contributed by atoms with Gasteiger partial charge in [-0.3, -0.25) is 0 Å². The van der Waals surface area contributed by atoms with Gasteiger partial charge in [0.2, 0.25) is 0 Å². The topological polar surface area (TPSA) is 56.5 Å². The third-order valence-electron chi connectivity index (χ3n) is 2.17. The van der Waals surface area contributed by atoms with Gasteiger partial charge in [-0.05, 0) is 19.1 Å². The first-order chi connectivity index (χ1) is 8.65. The monoisotopic (exact) mass is 260 g/mol. The lowest BCUT2D eigenvalue weighted by molar-refractivity contribution is 0.0215. The molecule has 102 valence electrons. The molecule has 0 radical (unpaired) electrons. The first-order valence-electron chi connectivity index (χ1n) is 5.76. The van der Waals surface area contributed by atoms with E-state index in [-0.39, 0.29) is 6.61 Å². The molecule has 0 aliphatic carbocycles. The summed E-state index contributed by atoms with van der Waals surface area (Å²) in [4.78, 5) is 0. The summed E-state index contributed by atoms with van der Waals surface area (Å²) >= 11 is 0. The molecule has 18 heavy (non-hydrogen) atoms. The molecule has 0 aromatic heterocycles. The Kier molecular flexibility index (Phi) is 6.21. The molecule has 0 aliphatic heterocycles. The van der Waals surface area contributed by atoms with E-state index in [4.69, 9.17) is 15.2 Å². The Hall–Kier alpha value is -1.56. The van der Waals surface area contributed by atoms with E-state index >= 15 is 0 Å². The van der Waals surface area contributed by atoms with Gasteiger partial charge in [-0.2, -0.15) is 0 Å². The molecular formula is C12H18F2N2O2. The predicted octanol–water partition coefficient (Wildman–Crippen LogP) is 2.36. The number of alkyl halides is 2. The maximum Gasteiger partial charge on any atom is 0.261 e. The minimum atomic E-state index is -2.43. The average molecular weight is 260 g/mol. The molecule has 3 N–H and O–H groups in total. The minimum Gasteiger partial charge on any atom is -0.492 e. The molecule has 0 unspecified atom stereocenters. The smallest absolute Gasteiger partial charge is 0.261 e. The molecule has 0 saturated heterocycles. The second kappa shape index (κ2) is 7.71. The van der Waals surface area contributed by atoms with Crippen molar-refractivity contribution in [2.45, 2.75) is 13.3 Å². The van der Waals surface area contributed by atoms with Crippen LogP contribution in [0.3, 0.4) is 0 Å². The number of hydrogen-bond donors (Lipinski definition) is 2. The Labute approximate surface area is 105 Å². The van der Waals surface area contributed by atoms with Crippen LogP contribution in [0.4, 0.5) is 20.2 Å². The van der Waals surface area contributed by atoms with Gasteiger partial charge in [0.15, 0.2) is 0 Å². The SMILES string of the molecule is CCOc1cccc(NCCOCC(F)F)c1N. The summed E-state index contributed by atoms with van der Waals surface area (Å²) < 4.78 is 33.7. The third-order valence-corrected chi connectivity index (χ3v) is 2.17. The summed E-state index contributed by atoms with van der Waals surface area (Å²) in [5.41, 5.74) is 7.10. The number of nitrogen functional groups attached to an aromatic ring is 1. The van der Waals surface area contributed by atoms with Gasteiger partial charge in [-0.1, -0.05) is 6.07 Å². The van der Waals surface area contributed by atoms with Crippen LogP contribution in [0, 0.1) is 0 Å². The minimum absolute atomic E-state index is 0.197. The van der Waals surface area contributed by atoms with E-state index in [0.29, 0.717) is 30.3 Å². The molecule has 0 aliphatic rings. The van der Waals surface area contributed by atoms with Crippen molar-refractivity contribution in [1.82, 2.24) is 0 Å². The van der Waals surface area contributed by atoms with Crippen molar-refractivity contribution in [2.75, 3.05) is 37.4 Å². The van der Waals surface area contributed by atoms with Crippen molar-refractivity contribution in [1.29, 1.82) is 0 Å². The number of hydrogen-bond acceptors (Lipinski definition) is 4. The van der Waals surface area contributed by atoms with Crippen molar-refractivity contribution in [2.24, 2.45) is 0 Å². The van der Waals surface area contributed by atoms with Gasteiger partial charge in [-0.15, -0.1) is 0 Å². The van der Waals surface area contributed by atoms with Crippen LogP contribution in [0.25, 0.3) is 0 Å². The Bertz CT molecular complexity index is 362. The van der Waals surface area contributed by atoms with Crippen LogP contribution in [0.2, 0.25) is 0 Å². The summed E-state index contributed by atoms with van der Waals surface area (Å²) in [6.45, 7) is 2.47. The number of para-hydroxylation sites is 1. The highest BCUT2D eigenvalue weighted by Gasteiger charge is 2.05. The fraction of sp³-hybridized carbons (Fsp3) is 0.500. The van der Waals surface area contributed by atoms with E-state index in [1.54, 1.807) is 12.1 Å². The Morgan fingerprint density at radius 3 is 2.83 bits per heavy atom. The lowest BCUT2D eigenvalue weighted by Gasteiger charge is -2.13. The maximum absolute atomic E-state index is 11.8. The highest BCUT2D eigenvalue weighted by Crippen LogP contribution is 2.28. The summed E-state index contributed by atoms with van der Waals surface area (Å²) in [6.07, 6.45) is -2.43. The lowest BCUT2D eigenvalue weighted by Crippen LogP contribution is -2.14. The predicted molar refractivity (Wildman–Crippen MR) is 67.3 cm³/mol. The number of nitrogens with one attached hydrogen (secondary N) is 1.